The third-order valence-electron chi connectivity index (χ3n) is 6.66. The summed E-state index contributed by atoms with van der Waals surface area (Å²) in [5.41, 5.74) is 5.23. The molecular formula is C24H28ClN3O2. The lowest BCUT2D eigenvalue weighted by Crippen LogP contribution is -2.47. The highest BCUT2D eigenvalue weighted by Gasteiger charge is 2.28. The third kappa shape index (κ3) is 3.50. The minimum Gasteiger partial charge on any atom is -0.493 e. The Balaban J connectivity index is 1.25. The number of benzene rings is 2. The molecule has 1 unspecified atom stereocenters. The van der Waals surface area contributed by atoms with Crippen molar-refractivity contribution in [3.63, 3.8) is 0 Å². The number of aromatic nitrogens is 1. The summed E-state index contributed by atoms with van der Waals surface area (Å²) in [6.45, 7) is 5.36. The molecule has 2 aliphatic rings. The molecule has 1 aliphatic heterocycles. The van der Waals surface area contributed by atoms with Crippen LogP contribution in [0.1, 0.15) is 23.5 Å². The molecule has 0 amide bonds. The summed E-state index contributed by atoms with van der Waals surface area (Å²) in [5, 5.41) is 2.02. The fourth-order valence-corrected chi connectivity index (χ4v) is 5.21. The standard InChI is InChI=1S/C24H28ClN3O2/c1-29-23-11-16-3-4-17(20(16)13-24(23)30-2)15-27-7-9-28(10-8-27)22-14-26-21-12-18(25)5-6-19(21)22/h5-6,11-14,17,26H,3-4,7-10,15H2,1-2H3. The van der Waals surface area contributed by atoms with E-state index in [2.05, 4.69) is 39.2 Å². The van der Waals surface area contributed by atoms with Crippen LogP contribution in [0.3, 0.4) is 0 Å². The van der Waals surface area contributed by atoms with Gasteiger partial charge in [0.25, 0.3) is 0 Å². The molecule has 0 spiro atoms. The van der Waals surface area contributed by atoms with Crippen molar-refractivity contribution in [1.29, 1.82) is 0 Å². The molecule has 1 aliphatic carbocycles. The van der Waals surface area contributed by atoms with E-state index in [0.29, 0.717) is 5.92 Å². The number of anilines is 1. The van der Waals surface area contributed by atoms with Crippen molar-refractivity contribution in [1.82, 2.24) is 9.88 Å². The van der Waals surface area contributed by atoms with E-state index in [1.54, 1.807) is 14.2 Å². The van der Waals surface area contributed by atoms with Gasteiger partial charge >= 0.3 is 0 Å². The fourth-order valence-electron chi connectivity index (χ4n) is 5.04. The van der Waals surface area contributed by atoms with Crippen molar-refractivity contribution in [2.75, 3.05) is 51.8 Å². The number of piperazine rings is 1. The molecule has 2 aromatic carbocycles. The highest BCUT2D eigenvalue weighted by atomic mass is 35.5. The molecule has 1 atom stereocenters. The van der Waals surface area contributed by atoms with Crippen molar-refractivity contribution in [3.05, 3.63) is 52.7 Å². The average Bonchev–Trinajstić information content (AvgIpc) is 3.36. The molecule has 5 rings (SSSR count). The molecule has 158 valence electrons. The van der Waals surface area contributed by atoms with E-state index < -0.39 is 0 Å². The lowest BCUT2D eigenvalue weighted by atomic mass is 9.99. The number of aryl methyl sites for hydroxylation is 1. The minimum absolute atomic E-state index is 0.571. The van der Waals surface area contributed by atoms with Gasteiger partial charge in [-0.1, -0.05) is 11.6 Å². The quantitative estimate of drug-likeness (QED) is 0.643. The number of H-pyrrole nitrogens is 1. The minimum atomic E-state index is 0.571. The predicted octanol–water partition coefficient (Wildman–Crippen LogP) is 4.69. The fraction of sp³-hybridized carbons (Fsp3) is 0.417. The second-order valence-electron chi connectivity index (χ2n) is 8.29. The van der Waals surface area contributed by atoms with Gasteiger partial charge in [0.1, 0.15) is 0 Å². The first-order valence-corrected chi connectivity index (χ1v) is 11.0. The zero-order valence-electron chi connectivity index (χ0n) is 17.6. The topological polar surface area (TPSA) is 40.7 Å². The molecule has 2 heterocycles. The summed E-state index contributed by atoms with van der Waals surface area (Å²) < 4.78 is 11.0. The van der Waals surface area contributed by atoms with Crippen LogP contribution in [0.5, 0.6) is 11.5 Å². The van der Waals surface area contributed by atoms with Crippen LogP contribution in [-0.4, -0.2) is 56.8 Å². The van der Waals surface area contributed by atoms with Crippen molar-refractivity contribution < 1.29 is 9.47 Å². The Bertz CT molecular complexity index is 1060. The van der Waals surface area contributed by atoms with E-state index >= 15 is 0 Å². The highest BCUT2D eigenvalue weighted by molar-refractivity contribution is 6.31. The summed E-state index contributed by atoms with van der Waals surface area (Å²) in [6.07, 6.45) is 4.44. The van der Waals surface area contributed by atoms with Gasteiger partial charge in [-0.25, -0.2) is 0 Å². The molecule has 0 radical (unpaired) electrons. The number of nitrogens with zero attached hydrogens (tertiary/aromatic N) is 2. The van der Waals surface area contributed by atoms with Crippen LogP contribution in [0.25, 0.3) is 10.9 Å². The first kappa shape index (κ1) is 19.6. The Morgan fingerprint density at radius 2 is 1.80 bits per heavy atom. The van der Waals surface area contributed by atoms with Gasteiger partial charge in [-0.15, -0.1) is 0 Å². The number of methoxy groups -OCH3 is 2. The summed E-state index contributed by atoms with van der Waals surface area (Å²) in [7, 11) is 3.42. The van der Waals surface area contributed by atoms with Crippen molar-refractivity contribution in [2.45, 2.75) is 18.8 Å². The molecule has 1 fully saturated rings. The number of halogens is 1. The van der Waals surface area contributed by atoms with Gasteiger partial charge in [0, 0.05) is 54.8 Å². The van der Waals surface area contributed by atoms with E-state index in [1.165, 1.54) is 28.6 Å². The van der Waals surface area contributed by atoms with Gasteiger partial charge in [-0.2, -0.15) is 0 Å². The number of nitrogens with one attached hydrogen (secondary N) is 1. The first-order chi connectivity index (χ1) is 14.7. The average molecular weight is 426 g/mol. The summed E-state index contributed by atoms with van der Waals surface area (Å²) in [5.74, 6) is 2.25. The van der Waals surface area contributed by atoms with Crippen molar-refractivity contribution >= 4 is 28.2 Å². The Labute approximate surface area is 182 Å². The Kier molecular flexibility index (Phi) is 5.25. The van der Waals surface area contributed by atoms with Crippen LogP contribution in [0.4, 0.5) is 5.69 Å². The molecule has 3 aromatic rings. The highest BCUT2D eigenvalue weighted by Crippen LogP contribution is 2.41. The number of rotatable bonds is 5. The zero-order chi connectivity index (χ0) is 20.7. The summed E-state index contributed by atoms with van der Waals surface area (Å²) in [4.78, 5) is 8.46. The van der Waals surface area contributed by atoms with Gasteiger partial charge in [0.2, 0.25) is 0 Å². The summed E-state index contributed by atoms with van der Waals surface area (Å²) in [6, 6.07) is 10.4. The lowest BCUT2D eigenvalue weighted by molar-refractivity contribution is 0.241. The number of aromatic amines is 1. The zero-order valence-corrected chi connectivity index (χ0v) is 18.3. The van der Waals surface area contributed by atoms with Crippen LogP contribution >= 0.6 is 11.6 Å². The number of hydrogen-bond acceptors (Lipinski definition) is 4. The number of ether oxygens (including phenoxy) is 2. The second-order valence-corrected chi connectivity index (χ2v) is 8.73. The van der Waals surface area contributed by atoms with Gasteiger partial charge in [-0.05, 0) is 60.2 Å². The van der Waals surface area contributed by atoms with Crippen LogP contribution in [-0.2, 0) is 6.42 Å². The first-order valence-electron chi connectivity index (χ1n) is 10.6. The Morgan fingerprint density at radius 3 is 2.57 bits per heavy atom. The largest absolute Gasteiger partial charge is 0.493 e. The third-order valence-corrected chi connectivity index (χ3v) is 6.90. The van der Waals surface area contributed by atoms with Gasteiger partial charge in [0.05, 0.1) is 19.9 Å². The predicted molar refractivity (Wildman–Crippen MR) is 123 cm³/mol. The molecule has 6 heteroatoms. The van der Waals surface area contributed by atoms with E-state index in [9.17, 15) is 0 Å². The molecule has 0 bridgehead atoms. The second kappa shape index (κ2) is 8.05. The van der Waals surface area contributed by atoms with E-state index in [1.807, 2.05) is 12.1 Å². The van der Waals surface area contributed by atoms with E-state index in [-0.39, 0.29) is 0 Å². The number of hydrogen-bond donors (Lipinski definition) is 1. The molecule has 5 nitrogen and oxygen atoms in total. The number of fused-ring (bicyclic) bond motifs is 2. The maximum atomic E-state index is 6.13. The van der Waals surface area contributed by atoms with Gasteiger partial charge in [-0.3, -0.25) is 4.90 Å². The molecule has 1 N–H and O–H groups in total. The van der Waals surface area contributed by atoms with Crippen LogP contribution in [0.15, 0.2) is 36.5 Å². The Morgan fingerprint density at radius 1 is 1.03 bits per heavy atom. The van der Waals surface area contributed by atoms with E-state index in [4.69, 9.17) is 21.1 Å². The van der Waals surface area contributed by atoms with Crippen LogP contribution in [0, 0.1) is 0 Å². The van der Waals surface area contributed by atoms with Gasteiger partial charge in [0.15, 0.2) is 11.5 Å². The smallest absolute Gasteiger partial charge is 0.161 e. The Hall–Kier alpha value is -2.37. The summed E-state index contributed by atoms with van der Waals surface area (Å²) >= 11 is 6.13. The normalized spacial score (nSPS) is 19.3. The lowest BCUT2D eigenvalue weighted by Gasteiger charge is -2.37. The molecule has 0 saturated carbocycles. The SMILES string of the molecule is COc1cc2c(cc1OC)C(CN1CCN(c3c[nH]c4cc(Cl)ccc34)CC1)CC2. The van der Waals surface area contributed by atoms with Gasteiger partial charge < -0.3 is 19.4 Å². The van der Waals surface area contributed by atoms with Crippen LogP contribution in [0.2, 0.25) is 5.02 Å². The van der Waals surface area contributed by atoms with Crippen molar-refractivity contribution in [3.8, 4) is 11.5 Å². The van der Waals surface area contributed by atoms with E-state index in [0.717, 1.165) is 61.2 Å². The maximum Gasteiger partial charge on any atom is 0.161 e. The molecule has 1 aromatic heterocycles. The van der Waals surface area contributed by atoms with Crippen LogP contribution < -0.4 is 14.4 Å². The molecular weight excluding hydrogens is 398 g/mol. The molecule has 30 heavy (non-hydrogen) atoms. The monoisotopic (exact) mass is 425 g/mol. The molecule has 1 saturated heterocycles. The maximum absolute atomic E-state index is 6.13. The van der Waals surface area contributed by atoms with Crippen molar-refractivity contribution in [2.24, 2.45) is 0 Å².